The van der Waals surface area contributed by atoms with Crippen molar-refractivity contribution in [3.8, 4) is 17.2 Å². The van der Waals surface area contributed by atoms with Crippen molar-refractivity contribution >= 4 is 11.6 Å². The first-order valence-corrected chi connectivity index (χ1v) is 6.89. The largest absolute Gasteiger partial charge is 0.493 e. The van der Waals surface area contributed by atoms with E-state index in [0.29, 0.717) is 23.1 Å². The van der Waals surface area contributed by atoms with E-state index in [4.69, 9.17) is 25.8 Å². The minimum absolute atomic E-state index is 0.277. The fourth-order valence-corrected chi connectivity index (χ4v) is 2.04. The van der Waals surface area contributed by atoms with Gasteiger partial charge >= 0.3 is 0 Å². The van der Waals surface area contributed by atoms with Crippen molar-refractivity contribution in [1.29, 1.82) is 0 Å². The predicted octanol–water partition coefficient (Wildman–Crippen LogP) is 4.16. The molecule has 0 radical (unpaired) electrons. The first kappa shape index (κ1) is 15.4. The molecule has 0 saturated carbocycles. The Morgan fingerprint density at radius 2 is 1.52 bits per heavy atom. The van der Waals surface area contributed by atoms with Gasteiger partial charge in [-0.2, -0.15) is 0 Å². The fraction of sp³-hybridized carbons (Fsp3) is 0.250. The van der Waals surface area contributed by atoms with Gasteiger partial charge in [0, 0.05) is 5.88 Å². The third-order valence-electron chi connectivity index (χ3n) is 2.97. The molecule has 0 aromatic heterocycles. The molecule has 0 heterocycles. The van der Waals surface area contributed by atoms with Gasteiger partial charge in [-0.1, -0.05) is 12.1 Å². The zero-order valence-corrected chi connectivity index (χ0v) is 12.6. The summed E-state index contributed by atoms with van der Waals surface area (Å²) in [4.78, 5) is 0. The van der Waals surface area contributed by atoms with E-state index in [2.05, 4.69) is 0 Å². The second-order valence-corrected chi connectivity index (χ2v) is 4.65. The van der Waals surface area contributed by atoms with Gasteiger partial charge in [-0.15, -0.1) is 11.6 Å². The van der Waals surface area contributed by atoms with Gasteiger partial charge in [0.1, 0.15) is 12.4 Å². The number of hydrogen-bond acceptors (Lipinski definition) is 3. The quantitative estimate of drug-likeness (QED) is 0.750. The van der Waals surface area contributed by atoms with Gasteiger partial charge < -0.3 is 14.2 Å². The van der Waals surface area contributed by atoms with Crippen molar-refractivity contribution < 1.29 is 18.6 Å². The second kappa shape index (κ2) is 7.18. The van der Waals surface area contributed by atoms with E-state index in [1.807, 2.05) is 0 Å². The molecule has 0 bridgehead atoms. The number of halogens is 2. The lowest BCUT2D eigenvalue weighted by Crippen LogP contribution is -2.01. The molecule has 0 spiro atoms. The predicted molar refractivity (Wildman–Crippen MR) is 79.8 cm³/mol. The summed E-state index contributed by atoms with van der Waals surface area (Å²) in [7, 11) is 3.11. The van der Waals surface area contributed by atoms with Crippen molar-refractivity contribution in [2.24, 2.45) is 0 Å². The van der Waals surface area contributed by atoms with Crippen LogP contribution in [0.15, 0.2) is 36.4 Å². The lowest BCUT2D eigenvalue weighted by molar-refractivity contribution is 0.265. The Morgan fingerprint density at radius 3 is 2.00 bits per heavy atom. The lowest BCUT2D eigenvalue weighted by Gasteiger charge is -2.15. The van der Waals surface area contributed by atoms with Crippen molar-refractivity contribution in [3.63, 3.8) is 0 Å². The molecule has 0 atom stereocenters. The van der Waals surface area contributed by atoms with Crippen LogP contribution < -0.4 is 14.2 Å². The summed E-state index contributed by atoms with van der Waals surface area (Å²) >= 11 is 5.84. The number of rotatable bonds is 6. The summed E-state index contributed by atoms with van der Waals surface area (Å²) in [5.41, 5.74) is 1.72. The van der Waals surface area contributed by atoms with E-state index in [-0.39, 0.29) is 12.4 Å². The van der Waals surface area contributed by atoms with E-state index in [1.165, 1.54) is 12.1 Å². The van der Waals surface area contributed by atoms with Crippen LogP contribution in [0.5, 0.6) is 17.2 Å². The number of alkyl halides is 1. The molecule has 112 valence electrons. The highest BCUT2D eigenvalue weighted by atomic mass is 35.5. The van der Waals surface area contributed by atoms with Crippen LogP contribution in [-0.4, -0.2) is 14.2 Å². The minimum Gasteiger partial charge on any atom is -0.493 e. The minimum atomic E-state index is -0.277. The molecular weight excluding hydrogens is 295 g/mol. The van der Waals surface area contributed by atoms with Crippen molar-refractivity contribution in [2.45, 2.75) is 12.5 Å². The number of benzene rings is 2. The van der Waals surface area contributed by atoms with Gasteiger partial charge in [-0.3, -0.25) is 0 Å². The Hall–Kier alpha value is -1.94. The topological polar surface area (TPSA) is 27.7 Å². The third-order valence-corrected chi connectivity index (χ3v) is 3.28. The van der Waals surface area contributed by atoms with E-state index in [1.54, 1.807) is 38.5 Å². The van der Waals surface area contributed by atoms with Crippen LogP contribution in [0, 0.1) is 5.82 Å². The van der Waals surface area contributed by atoms with E-state index in [0.717, 1.165) is 11.1 Å². The Labute approximate surface area is 128 Å². The maximum atomic E-state index is 12.9. The molecule has 0 saturated heterocycles. The average Bonchev–Trinajstić information content (AvgIpc) is 2.53. The Bertz CT molecular complexity index is 574. The average molecular weight is 311 g/mol. The van der Waals surface area contributed by atoms with Crippen LogP contribution in [0.4, 0.5) is 4.39 Å². The normalized spacial score (nSPS) is 10.3. The van der Waals surface area contributed by atoms with Crippen molar-refractivity contribution in [1.82, 2.24) is 0 Å². The molecule has 21 heavy (non-hydrogen) atoms. The zero-order chi connectivity index (χ0) is 15.2. The molecule has 0 aliphatic rings. The van der Waals surface area contributed by atoms with Crippen molar-refractivity contribution in [3.05, 3.63) is 53.3 Å². The Morgan fingerprint density at radius 1 is 0.952 bits per heavy atom. The van der Waals surface area contributed by atoms with Crippen LogP contribution in [0.25, 0.3) is 0 Å². The maximum absolute atomic E-state index is 12.9. The van der Waals surface area contributed by atoms with E-state index >= 15 is 0 Å². The lowest BCUT2D eigenvalue weighted by atomic mass is 10.2. The number of hydrogen-bond donors (Lipinski definition) is 0. The standard InChI is InChI=1S/C16H16ClFO3/c1-19-14-7-12(9-17)8-15(20-2)16(14)21-10-11-3-5-13(18)6-4-11/h3-8H,9-10H2,1-2H3. The molecule has 0 aliphatic carbocycles. The Balaban J connectivity index is 2.23. The highest BCUT2D eigenvalue weighted by molar-refractivity contribution is 6.17. The number of methoxy groups -OCH3 is 2. The van der Waals surface area contributed by atoms with Crippen LogP contribution >= 0.6 is 11.6 Å². The SMILES string of the molecule is COc1cc(CCl)cc(OC)c1OCc1ccc(F)cc1. The molecule has 0 aliphatic heterocycles. The van der Waals surface area contributed by atoms with Gasteiger partial charge in [-0.05, 0) is 35.4 Å². The molecule has 2 aromatic carbocycles. The molecular formula is C16H16ClFO3. The molecule has 0 fully saturated rings. The zero-order valence-electron chi connectivity index (χ0n) is 11.9. The van der Waals surface area contributed by atoms with Gasteiger partial charge in [0.2, 0.25) is 5.75 Å². The highest BCUT2D eigenvalue weighted by Crippen LogP contribution is 2.39. The van der Waals surface area contributed by atoms with Crippen LogP contribution in [-0.2, 0) is 12.5 Å². The monoisotopic (exact) mass is 310 g/mol. The van der Waals surface area contributed by atoms with Crippen LogP contribution in [0.2, 0.25) is 0 Å². The van der Waals surface area contributed by atoms with Gasteiger partial charge in [0.25, 0.3) is 0 Å². The Kier molecular flexibility index (Phi) is 5.28. The maximum Gasteiger partial charge on any atom is 0.203 e. The fourth-order valence-electron chi connectivity index (χ4n) is 1.89. The molecule has 2 rings (SSSR count). The second-order valence-electron chi connectivity index (χ2n) is 4.38. The molecule has 3 nitrogen and oxygen atoms in total. The first-order valence-electron chi connectivity index (χ1n) is 6.36. The summed E-state index contributed by atoms with van der Waals surface area (Å²) in [6, 6.07) is 9.72. The third kappa shape index (κ3) is 3.79. The summed E-state index contributed by atoms with van der Waals surface area (Å²) < 4.78 is 29.3. The molecule has 5 heteroatoms. The van der Waals surface area contributed by atoms with E-state index in [9.17, 15) is 4.39 Å². The van der Waals surface area contributed by atoms with Crippen molar-refractivity contribution in [2.75, 3.05) is 14.2 Å². The highest BCUT2D eigenvalue weighted by Gasteiger charge is 2.14. The summed E-state index contributed by atoms with van der Waals surface area (Å²) in [6.45, 7) is 0.285. The van der Waals surface area contributed by atoms with Gasteiger partial charge in [0.15, 0.2) is 11.5 Å². The smallest absolute Gasteiger partial charge is 0.203 e. The van der Waals surface area contributed by atoms with Crippen LogP contribution in [0.3, 0.4) is 0 Å². The molecule has 0 amide bonds. The van der Waals surface area contributed by atoms with Crippen LogP contribution in [0.1, 0.15) is 11.1 Å². The molecule has 2 aromatic rings. The van der Waals surface area contributed by atoms with E-state index < -0.39 is 0 Å². The summed E-state index contributed by atoms with van der Waals surface area (Å²) in [5.74, 6) is 1.67. The summed E-state index contributed by atoms with van der Waals surface area (Å²) in [5, 5.41) is 0. The first-order chi connectivity index (χ1) is 10.2. The van der Waals surface area contributed by atoms with Gasteiger partial charge in [0.05, 0.1) is 14.2 Å². The molecule has 0 unspecified atom stereocenters. The number of ether oxygens (including phenoxy) is 3. The van der Waals surface area contributed by atoms with Gasteiger partial charge in [-0.25, -0.2) is 4.39 Å². The molecule has 0 N–H and O–H groups in total. The summed E-state index contributed by atoms with van der Waals surface area (Å²) in [6.07, 6.45) is 0.